The van der Waals surface area contributed by atoms with Gasteiger partial charge in [-0.2, -0.15) is 0 Å². The van der Waals surface area contributed by atoms with Gasteiger partial charge in [-0.25, -0.2) is 9.78 Å². The second kappa shape index (κ2) is 10.9. The van der Waals surface area contributed by atoms with E-state index < -0.39 is 23.5 Å². The van der Waals surface area contributed by atoms with Crippen molar-refractivity contribution in [3.05, 3.63) is 0 Å². The molecule has 0 aromatic heterocycles. The lowest BCUT2D eigenvalue weighted by molar-refractivity contribution is -0.276. The maximum Gasteiger partial charge on any atom is 0.146 e. The summed E-state index contributed by atoms with van der Waals surface area (Å²) in [5.41, 5.74) is -0.986. The molecule has 0 bridgehead atoms. The SMILES string of the molecule is COOCCC(O)C(C)(C)C(=O)C(C)C(O)C(C)CCCC=O. The number of aliphatic hydroxyl groups is 2. The summed E-state index contributed by atoms with van der Waals surface area (Å²) >= 11 is 0. The molecule has 136 valence electrons. The molecule has 0 heterocycles. The maximum absolute atomic E-state index is 12.7. The number of unbranched alkanes of at least 4 members (excludes halogenated alkanes) is 1. The number of carbonyl (C=O) groups excluding carboxylic acids is 2. The van der Waals surface area contributed by atoms with Crippen LogP contribution in [-0.2, 0) is 19.4 Å². The summed E-state index contributed by atoms with van der Waals surface area (Å²) in [6.45, 7) is 7.09. The van der Waals surface area contributed by atoms with Gasteiger partial charge in [-0.05, 0) is 18.8 Å². The molecule has 6 heteroatoms. The topological polar surface area (TPSA) is 93.1 Å². The highest BCUT2D eigenvalue weighted by Gasteiger charge is 2.40. The summed E-state index contributed by atoms with van der Waals surface area (Å²) in [4.78, 5) is 32.2. The molecule has 0 spiro atoms. The van der Waals surface area contributed by atoms with Crippen LogP contribution in [0.25, 0.3) is 0 Å². The molecule has 0 radical (unpaired) electrons. The Hall–Kier alpha value is -0.820. The maximum atomic E-state index is 12.7. The first kappa shape index (κ1) is 22.2. The van der Waals surface area contributed by atoms with Gasteiger partial charge in [0.15, 0.2) is 0 Å². The van der Waals surface area contributed by atoms with Crippen LogP contribution in [0.15, 0.2) is 0 Å². The molecule has 0 amide bonds. The summed E-state index contributed by atoms with van der Waals surface area (Å²) in [5, 5.41) is 20.6. The molecule has 0 saturated heterocycles. The molecule has 0 aliphatic heterocycles. The fourth-order valence-corrected chi connectivity index (χ4v) is 2.70. The Morgan fingerprint density at radius 3 is 2.35 bits per heavy atom. The first-order valence-corrected chi connectivity index (χ1v) is 8.19. The molecule has 2 N–H and O–H groups in total. The monoisotopic (exact) mass is 332 g/mol. The van der Waals surface area contributed by atoms with Gasteiger partial charge in [0, 0.05) is 24.2 Å². The van der Waals surface area contributed by atoms with Gasteiger partial charge in [0.1, 0.15) is 12.1 Å². The van der Waals surface area contributed by atoms with E-state index in [1.54, 1.807) is 20.8 Å². The van der Waals surface area contributed by atoms with Crippen molar-refractivity contribution < 1.29 is 29.6 Å². The summed E-state index contributed by atoms with van der Waals surface area (Å²) in [5.74, 6) is -0.856. The van der Waals surface area contributed by atoms with Gasteiger partial charge in [-0.15, -0.1) is 0 Å². The quantitative estimate of drug-likeness (QED) is 0.232. The zero-order valence-electron chi connectivity index (χ0n) is 14.9. The summed E-state index contributed by atoms with van der Waals surface area (Å²) in [6.07, 6.45) is 1.29. The zero-order chi connectivity index (χ0) is 18.0. The van der Waals surface area contributed by atoms with Gasteiger partial charge in [-0.1, -0.05) is 27.7 Å². The normalized spacial score (nSPS) is 17.3. The second-order valence-corrected chi connectivity index (χ2v) is 6.73. The van der Waals surface area contributed by atoms with E-state index in [1.807, 2.05) is 6.92 Å². The number of aldehydes is 1. The van der Waals surface area contributed by atoms with Crippen LogP contribution in [0.4, 0.5) is 0 Å². The number of hydrogen-bond donors (Lipinski definition) is 2. The minimum Gasteiger partial charge on any atom is -0.392 e. The third kappa shape index (κ3) is 7.08. The molecule has 0 aliphatic rings. The van der Waals surface area contributed by atoms with E-state index >= 15 is 0 Å². The van der Waals surface area contributed by atoms with Gasteiger partial charge < -0.3 is 15.0 Å². The van der Waals surface area contributed by atoms with Crippen molar-refractivity contribution in [2.45, 2.75) is 65.6 Å². The van der Waals surface area contributed by atoms with E-state index in [4.69, 9.17) is 4.89 Å². The Labute approximate surface area is 139 Å². The lowest BCUT2D eigenvalue weighted by atomic mass is 9.73. The van der Waals surface area contributed by atoms with Gasteiger partial charge in [-0.3, -0.25) is 4.79 Å². The Morgan fingerprint density at radius 1 is 1.22 bits per heavy atom. The van der Waals surface area contributed by atoms with E-state index in [1.165, 1.54) is 7.11 Å². The number of ketones is 1. The standard InChI is InChI=1S/C17H32O6/c1-12(8-6-7-10-18)15(20)13(2)16(21)17(3,4)14(19)9-11-23-22-5/h10,12-15,19-20H,6-9,11H2,1-5H3. The number of carbonyl (C=O) groups is 2. The number of rotatable bonds is 13. The highest BCUT2D eigenvalue weighted by molar-refractivity contribution is 5.87. The molecule has 23 heavy (non-hydrogen) atoms. The van der Waals surface area contributed by atoms with Crippen molar-refractivity contribution in [1.29, 1.82) is 0 Å². The van der Waals surface area contributed by atoms with Crippen LogP contribution in [-0.4, -0.2) is 48.2 Å². The number of aliphatic hydroxyl groups excluding tert-OH is 2. The van der Waals surface area contributed by atoms with Crippen LogP contribution in [0.1, 0.15) is 53.4 Å². The molecule has 4 unspecified atom stereocenters. The van der Waals surface area contributed by atoms with Crippen LogP contribution < -0.4 is 0 Å². The second-order valence-electron chi connectivity index (χ2n) is 6.73. The lowest BCUT2D eigenvalue weighted by Gasteiger charge is -2.34. The molecule has 0 saturated carbocycles. The Kier molecular flexibility index (Phi) is 10.5. The zero-order valence-corrected chi connectivity index (χ0v) is 14.9. The van der Waals surface area contributed by atoms with E-state index in [-0.39, 0.29) is 24.7 Å². The largest absolute Gasteiger partial charge is 0.392 e. The molecule has 4 atom stereocenters. The van der Waals surface area contributed by atoms with E-state index in [9.17, 15) is 19.8 Å². The fraction of sp³-hybridized carbons (Fsp3) is 0.882. The Balaban J connectivity index is 4.66. The Bertz CT molecular complexity index is 355. The number of Topliss-reactive ketones (excluding diaryl/α,β-unsaturated/α-hetero) is 1. The van der Waals surface area contributed by atoms with E-state index in [2.05, 4.69) is 4.89 Å². The van der Waals surface area contributed by atoms with Crippen LogP contribution in [0.5, 0.6) is 0 Å². The minimum atomic E-state index is -0.986. The summed E-state index contributed by atoms with van der Waals surface area (Å²) < 4.78 is 0. The Morgan fingerprint density at radius 2 is 1.83 bits per heavy atom. The van der Waals surface area contributed by atoms with Crippen molar-refractivity contribution >= 4 is 12.1 Å². The van der Waals surface area contributed by atoms with Gasteiger partial charge in [0.05, 0.1) is 25.9 Å². The average molecular weight is 332 g/mol. The molecule has 0 aromatic rings. The lowest BCUT2D eigenvalue weighted by Crippen LogP contribution is -2.45. The number of hydrogen-bond acceptors (Lipinski definition) is 6. The molecule has 0 aromatic carbocycles. The smallest absolute Gasteiger partial charge is 0.146 e. The predicted molar refractivity (Wildman–Crippen MR) is 86.6 cm³/mol. The third-order valence-corrected chi connectivity index (χ3v) is 4.55. The highest BCUT2D eigenvalue weighted by atomic mass is 17.2. The predicted octanol–water partition coefficient (Wildman–Crippen LogP) is 1.91. The van der Waals surface area contributed by atoms with Crippen LogP contribution in [0.2, 0.25) is 0 Å². The molecule has 6 nitrogen and oxygen atoms in total. The first-order valence-electron chi connectivity index (χ1n) is 8.19. The van der Waals surface area contributed by atoms with Crippen LogP contribution in [0.3, 0.4) is 0 Å². The first-order chi connectivity index (χ1) is 10.7. The van der Waals surface area contributed by atoms with Crippen molar-refractivity contribution in [3.8, 4) is 0 Å². The fourth-order valence-electron chi connectivity index (χ4n) is 2.70. The van der Waals surface area contributed by atoms with Gasteiger partial charge in [0.25, 0.3) is 0 Å². The minimum absolute atomic E-state index is 0.0846. The third-order valence-electron chi connectivity index (χ3n) is 4.55. The molecule has 0 rings (SSSR count). The average Bonchev–Trinajstić information content (AvgIpc) is 2.52. The van der Waals surface area contributed by atoms with Gasteiger partial charge >= 0.3 is 0 Å². The van der Waals surface area contributed by atoms with Crippen LogP contribution >= 0.6 is 0 Å². The van der Waals surface area contributed by atoms with Gasteiger partial charge in [0.2, 0.25) is 0 Å². The summed E-state index contributed by atoms with van der Waals surface area (Å²) in [7, 11) is 1.38. The van der Waals surface area contributed by atoms with E-state index in [0.717, 1.165) is 6.29 Å². The molecular formula is C17H32O6. The molecule has 0 aliphatic carbocycles. The van der Waals surface area contributed by atoms with E-state index in [0.29, 0.717) is 19.3 Å². The molecule has 0 fully saturated rings. The molecular weight excluding hydrogens is 300 g/mol. The van der Waals surface area contributed by atoms with Crippen molar-refractivity contribution in [2.24, 2.45) is 17.3 Å². The van der Waals surface area contributed by atoms with Crippen molar-refractivity contribution in [3.63, 3.8) is 0 Å². The van der Waals surface area contributed by atoms with Crippen molar-refractivity contribution in [1.82, 2.24) is 0 Å². The van der Waals surface area contributed by atoms with Crippen LogP contribution in [0, 0.1) is 17.3 Å². The van der Waals surface area contributed by atoms with Crippen molar-refractivity contribution in [2.75, 3.05) is 13.7 Å². The summed E-state index contributed by atoms with van der Waals surface area (Å²) in [6, 6.07) is 0. The highest BCUT2D eigenvalue weighted by Crippen LogP contribution is 2.31.